The molecule has 0 aliphatic carbocycles. The van der Waals surface area contributed by atoms with E-state index in [0.717, 1.165) is 43.7 Å². The fourth-order valence-electron chi connectivity index (χ4n) is 2.64. The molecule has 1 heterocycles. The number of rotatable bonds is 7. The highest BCUT2D eigenvalue weighted by atomic mass is 79.9. The number of hydrogen-bond acceptors (Lipinski definition) is 4. The monoisotopic (exact) mass is 356 g/mol. The predicted molar refractivity (Wildman–Crippen MR) is 90.0 cm³/mol. The molecule has 1 aliphatic heterocycles. The SMILES string of the molecule is COCCNCc1ccc(N2CCCC(OC)C2)cc1Br. The van der Waals surface area contributed by atoms with E-state index in [-0.39, 0.29) is 0 Å². The summed E-state index contributed by atoms with van der Waals surface area (Å²) in [6, 6.07) is 6.61. The van der Waals surface area contributed by atoms with Gasteiger partial charge in [-0.3, -0.25) is 0 Å². The van der Waals surface area contributed by atoms with E-state index in [1.54, 1.807) is 14.2 Å². The van der Waals surface area contributed by atoms with Crippen molar-refractivity contribution < 1.29 is 9.47 Å². The zero-order valence-corrected chi connectivity index (χ0v) is 14.5. The van der Waals surface area contributed by atoms with E-state index in [2.05, 4.69) is 44.3 Å². The molecule has 0 amide bonds. The third-order valence-corrected chi connectivity index (χ3v) is 4.65. The van der Waals surface area contributed by atoms with Crippen LogP contribution >= 0.6 is 15.9 Å². The van der Waals surface area contributed by atoms with Crippen LogP contribution in [-0.2, 0) is 16.0 Å². The lowest BCUT2D eigenvalue weighted by molar-refractivity contribution is 0.0893. The zero-order valence-electron chi connectivity index (χ0n) is 12.9. The summed E-state index contributed by atoms with van der Waals surface area (Å²) in [5.74, 6) is 0. The molecule has 1 saturated heterocycles. The van der Waals surface area contributed by atoms with Crippen LogP contribution in [0.2, 0.25) is 0 Å². The minimum Gasteiger partial charge on any atom is -0.383 e. The van der Waals surface area contributed by atoms with Crippen molar-refractivity contribution in [2.45, 2.75) is 25.5 Å². The average molecular weight is 357 g/mol. The summed E-state index contributed by atoms with van der Waals surface area (Å²) in [4.78, 5) is 2.41. The number of nitrogens with one attached hydrogen (secondary N) is 1. The number of anilines is 1. The Labute approximate surface area is 135 Å². The van der Waals surface area contributed by atoms with Gasteiger partial charge in [-0.1, -0.05) is 22.0 Å². The molecule has 1 aromatic carbocycles. The van der Waals surface area contributed by atoms with Gasteiger partial charge < -0.3 is 19.7 Å². The summed E-state index contributed by atoms with van der Waals surface area (Å²) in [6.07, 6.45) is 2.71. The largest absolute Gasteiger partial charge is 0.383 e. The van der Waals surface area contributed by atoms with Gasteiger partial charge in [0.25, 0.3) is 0 Å². The van der Waals surface area contributed by atoms with Crippen LogP contribution in [0.5, 0.6) is 0 Å². The molecule has 1 fully saturated rings. The maximum absolute atomic E-state index is 5.50. The lowest BCUT2D eigenvalue weighted by Gasteiger charge is -2.33. The number of piperidine rings is 1. The van der Waals surface area contributed by atoms with E-state index < -0.39 is 0 Å². The fraction of sp³-hybridized carbons (Fsp3) is 0.625. The molecule has 0 radical (unpaired) electrons. The summed E-state index contributed by atoms with van der Waals surface area (Å²) in [5, 5.41) is 3.37. The van der Waals surface area contributed by atoms with E-state index in [9.17, 15) is 0 Å². The van der Waals surface area contributed by atoms with Gasteiger partial charge in [-0.25, -0.2) is 0 Å². The second-order valence-electron chi connectivity index (χ2n) is 5.39. The molecule has 0 saturated carbocycles. The first kappa shape index (κ1) is 16.7. The molecule has 0 aromatic heterocycles. The van der Waals surface area contributed by atoms with Gasteiger partial charge in [0.1, 0.15) is 0 Å². The standard InChI is InChI=1S/C16H25BrN2O2/c1-20-9-7-18-11-13-5-6-14(10-16(13)17)19-8-3-4-15(12-19)21-2/h5-6,10,15,18H,3-4,7-9,11-12H2,1-2H3. The third kappa shape index (κ3) is 4.95. The highest BCUT2D eigenvalue weighted by molar-refractivity contribution is 9.10. The van der Waals surface area contributed by atoms with Crippen molar-refractivity contribution in [2.24, 2.45) is 0 Å². The molecule has 1 N–H and O–H groups in total. The van der Waals surface area contributed by atoms with Crippen molar-refractivity contribution in [2.75, 3.05) is 45.4 Å². The van der Waals surface area contributed by atoms with Gasteiger partial charge in [0.2, 0.25) is 0 Å². The maximum Gasteiger partial charge on any atom is 0.0746 e. The normalized spacial score (nSPS) is 19.0. The molecule has 1 unspecified atom stereocenters. The van der Waals surface area contributed by atoms with Gasteiger partial charge in [0, 0.05) is 50.6 Å². The topological polar surface area (TPSA) is 33.7 Å². The quantitative estimate of drug-likeness (QED) is 0.761. The molecule has 1 atom stereocenters. The van der Waals surface area contributed by atoms with Crippen molar-refractivity contribution in [3.63, 3.8) is 0 Å². The molecular weight excluding hydrogens is 332 g/mol. The van der Waals surface area contributed by atoms with E-state index >= 15 is 0 Å². The molecule has 4 nitrogen and oxygen atoms in total. The fourth-order valence-corrected chi connectivity index (χ4v) is 3.15. The number of methoxy groups -OCH3 is 2. The van der Waals surface area contributed by atoms with E-state index in [4.69, 9.17) is 9.47 Å². The number of benzene rings is 1. The van der Waals surface area contributed by atoms with Crippen LogP contribution in [0.25, 0.3) is 0 Å². The maximum atomic E-state index is 5.50. The molecule has 1 aliphatic rings. The van der Waals surface area contributed by atoms with Crippen molar-refractivity contribution in [1.82, 2.24) is 5.32 Å². The highest BCUT2D eigenvalue weighted by Gasteiger charge is 2.20. The van der Waals surface area contributed by atoms with Crippen molar-refractivity contribution in [1.29, 1.82) is 0 Å². The third-order valence-electron chi connectivity index (χ3n) is 3.91. The van der Waals surface area contributed by atoms with Crippen molar-refractivity contribution >= 4 is 21.6 Å². The second kappa shape index (κ2) is 8.73. The Hall–Kier alpha value is -0.620. The Morgan fingerprint density at radius 2 is 2.24 bits per heavy atom. The van der Waals surface area contributed by atoms with Crippen LogP contribution in [0.15, 0.2) is 22.7 Å². The summed E-state index contributed by atoms with van der Waals surface area (Å²) in [7, 11) is 3.52. The van der Waals surface area contributed by atoms with Crippen LogP contribution in [-0.4, -0.2) is 46.6 Å². The van der Waals surface area contributed by atoms with Gasteiger partial charge >= 0.3 is 0 Å². The van der Waals surface area contributed by atoms with Gasteiger partial charge in [-0.2, -0.15) is 0 Å². The lowest BCUT2D eigenvalue weighted by atomic mass is 10.1. The number of ether oxygens (including phenoxy) is 2. The van der Waals surface area contributed by atoms with E-state index in [1.165, 1.54) is 17.7 Å². The van der Waals surface area contributed by atoms with Gasteiger partial charge in [0.15, 0.2) is 0 Å². The second-order valence-corrected chi connectivity index (χ2v) is 6.25. The first-order chi connectivity index (χ1) is 10.2. The van der Waals surface area contributed by atoms with Gasteiger partial charge in [-0.05, 0) is 30.5 Å². The molecule has 1 aromatic rings. The smallest absolute Gasteiger partial charge is 0.0746 e. The highest BCUT2D eigenvalue weighted by Crippen LogP contribution is 2.27. The minimum absolute atomic E-state index is 0.355. The van der Waals surface area contributed by atoms with Crippen LogP contribution in [0, 0.1) is 0 Å². The zero-order chi connectivity index (χ0) is 15.1. The van der Waals surface area contributed by atoms with Gasteiger partial charge in [-0.15, -0.1) is 0 Å². The Bertz CT molecular complexity index is 442. The summed E-state index contributed by atoms with van der Waals surface area (Å²) in [5.41, 5.74) is 2.54. The Morgan fingerprint density at radius 1 is 1.38 bits per heavy atom. The van der Waals surface area contributed by atoms with Crippen LogP contribution in [0.3, 0.4) is 0 Å². The predicted octanol–water partition coefficient (Wildman–Crippen LogP) is 2.80. The van der Waals surface area contributed by atoms with Gasteiger partial charge in [0.05, 0.1) is 12.7 Å². The van der Waals surface area contributed by atoms with E-state index in [0.29, 0.717) is 6.10 Å². The Kier molecular flexibility index (Phi) is 6.96. The molecule has 0 spiro atoms. The lowest BCUT2D eigenvalue weighted by Crippen LogP contribution is -2.39. The molecule has 2 rings (SSSR count). The first-order valence-corrected chi connectivity index (χ1v) is 8.29. The molecular formula is C16H25BrN2O2. The minimum atomic E-state index is 0.355. The van der Waals surface area contributed by atoms with Crippen molar-refractivity contribution in [3.8, 4) is 0 Å². The number of nitrogens with zero attached hydrogens (tertiary/aromatic N) is 1. The molecule has 118 valence electrons. The Morgan fingerprint density at radius 3 is 2.95 bits per heavy atom. The molecule has 0 bridgehead atoms. The molecule has 5 heteroatoms. The van der Waals surface area contributed by atoms with Crippen LogP contribution < -0.4 is 10.2 Å². The average Bonchev–Trinajstić information content (AvgIpc) is 2.53. The summed E-state index contributed by atoms with van der Waals surface area (Å²) >= 11 is 3.69. The van der Waals surface area contributed by atoms with Crippen LogP contribution in [0.1, 0.15) is 18.4 Å². The Balaban J connectivity index is 1.94. The van der Waals surface area contributed by atoms with Crippen LogP contribution in [0.4, 0.5) is 5.69 Å². The summed E-state index contributed by atoms with van der Waals surface area (Å²) in [6.45, 7) is 4.55. The summed E-state index contributed by atoms with van der Waals surface area (Å²) < 4.78 is 11.7. The number of hydrogen-bond donors (Lipinski definition) is 1. The first-order valence-electron chi connectivity index (χ1n) is 7.50. The molecule has 21 heavy (non-hydrogen) atoms. The van der Waals surface area contributed by atoms with E-state index in [1.807, 2.05) is 0 Å². The number of halogens is 1. The van der Waals surface area contributed by atoms with Crippen molar-refractivity contribution in [3.05, 3.63) is 28.2 Å².